The summed E-state index contributed by atoms with van der Waals surface area (Å²) in [5.41, 5.74) is -0.939. The van der Waals surface area contributed by atoms with E-state index in [0.29, 0.717) is 6.20 Å². The average molecular weight is 269 g/mol. The zero-order chi connectivity index (χ0) is 13.9. The van der Waals surface area contributed by atoms with E-state index in [0.717, 1.165) is 18.5 Å². The van der Waals surface area contributed by atoms with Crippen molar-refractivity contribution in [3.8, 4) is 5.88 Å². The Kier molecular flexibility index (Phi) is 3.41. The standard InChI is InChI=1S/C11H6F3N3O2/c12-11(13,14)7-1-2-9(16-5-7)19-10(18)8-3-4-15-6-17-8/h1-6H. The number of hydrogen-bond acceptors (Lipinski definition) is 5. The molecule has 2 aromatic heterocycles. The van der Waals surface area contributed by atoms with Crippen molar-refractivity contribution in [1.82, 2.24) is 15.0 Å². The van der Waals surface area contributed by atoms with Crippen LogP contribution in [0.1, 0.15) is 16.1 Å². The Bertz CT molecular complexity index is 570. The van der Waals surface area contributed by atoms with E-state index in [4.69, 9.17) is 4.74 Å². The minimum Gasteiger partial charge on any atom is -0.403 e. The number of hydrogen-bond donors (Lipinski definition) is 0. The number of alkyl halides is 3. The highest BCUT2D eigenvalue weighted by Crippen LogP contribution is 2.29. The summed E-state index contributed by atoms with van der Waals surface area (Å²) >= 11 is 0. The molecule has 0 fully saturated rings. The van der Waals surface area contributed by atoms with Crippen molar-refractivity contribution in [2.45, 2.75) is 6.18 Å². The van der Waals surface area contributed by atoms with Crippen LogP contribution in [-0.2, 0) is 6.18 Å². The molecular weight excluding hydrogens is 263 g/mol. The minimum atomic E-state index is -4.48. The number of ether oxygens (including phenoxy) is 1. The highest BCUT2D eigenvalue weighted by atomic mass is 19.4. The number of nitrogens with zero attached hydrogens (tertiary/aromatic N) is 3. The molecule has 5 nitrogen and oxygen atoms in total. The quantitative estimate of drug-likeness (QED) is 0.781. The summed E-state index contributed by atoms with van der Waals surface area (Å²) in [6.07, 6.45) is -1.41. The van der Waals surface area contributed by atoms with Gasteiger partial charge in [0, 0.05) is 18.5 Å². The number of rotatable bonds is 2. The van der Waals surface area contributed by atoms with Crippen LogP contribution in [0, 0.1) is 0 Å². The Morgan fingerprint density at radius 1 is 1.16 bits per heavy atom. The lowest BCUT2D eigenvalue weighted by molar-refractivity contribution is -0.137. The lowest BCUT2D eigenvalue weighted by Gasteiger charge is -2.06. The van der Waals surface area contributed by atoms with E-state index in [-0.39, 0.29) is 11.6 Å². The van der Waals surface area contributed by atoms with E-state index < -0.39 is 17.7 Å². The second-order valence-corrected chi connectivity index (χ2v) is 3.37. The van der Waals surface area contributed by atoms with E-state index in [1.807, 2.05) is 0 Å². The average Bonchev–Trinajstić information content (AvgIpc) is 2.39. The zero-order valence-electron chi connectivity index (χ0n) is 9.26. The first-order valence-corrected chi connectivity index (χ1v) is 4.98. The largest absolute Gasteiger partial charge is 0.417 e. The Hall–Kier alpha value is -2.51. The summed E-state index contributed by atoms with van der Waals surface area (Å²) in [6, 6.07) is 3.05. The van der Waals surface area contributed by atoms with Crippen LogP contribution < -0.4 is 4.74 Å². The summed E-state index contributed by atoms with van der Waals surface area (Å²) < 4.78 is 41.6. The van der Waals surface area contributed by atoms with Crippen molar-refractivity contribution < 1.29 is 22.7 Å². The van der Waals surface area contributed by atoms with E-state index in [9.17, 15) is 18.0 Å². The second-order valence-electron chi connectivity index (χ2n) is 3.37. The number of carbonyl (C=O) groups excluding carboxylic acids is 1. The summed E-state index contributed by atoms with van der Waals surface area (Å²) in [7, 11) is 0. The third kappa shape index (κ3) is 3.24. The third-order valence-electron chi connectivity index (χ3n) is 2.05. The molecule has 2 heterocycles. The molecule has 2 aromatic rings. The monoisotopic (exact) mass is 269 g/mol. The van der Waals surface area contributed by atoms with Crippen LogP contribution >= 0.6 is 0 Å². The minimum absolute atomic E-state index is 0.0169. The molecule has 0 radical (unpaired) electrons. The summed E-state index contributed by atoms with van der Waals surface area (Å²) in [6.45, 7) is 0. The molecular formula is C11H6F3N3O2. The van der Waals surface area contributed by atoms with Gasteiger partial charge in [0.15, 0.2) is 5.69 Å². The number of halogens is 3. The van der Waals surface area contributed by atoms with Gasteiger partial charge in [-0.2, -0.15) is 13.2 Å². The van der Waals surface area contributed by atoms with Gasteiger partial charge in [-0.05, 0) is 12.1 Å². The predicted octanol–water partition coefficient (Wildman–Crippen LogP) is 2.11. The summed E-state index contributed by atoms with van der Waals surface area (Å²) in [5.74, 6) is -1.06. The predicted molar refractivity (Wildman–Crippen MR) is 56.2 cm³/mol. The van der Waals surface area contributed by atoms with E-state index in [1.165, 1.54) is 12.3 Å². The van der Waals surface area contributed by atoms with E-state index in [1.54, 1.807) is 0 Å². The molecule has 0 atom stereocenters. The van der Waals surface area contributed by atoms with Gasteiger partial charge in [0.2, 0.25) is 5.88 Å². The maximum absolute atomic E-state index is 12.3. The zero-order valence-corrected chi connectivity index (χ0v) is 9.26. The first-order valence-electron chi connectivity index (χ1n) is 4.98. The Labute approximate surface area is 105 Å². The highest BCUT2D eigenvalue weighted by molar-refractivity contribution is 5.88. The Morgan fingerprint density at radius 3 is 2.47 bits per heavy atom. The van der Waals surface area contributed by atoms with Gasteiger partial charge >= 0.3 is 12.1 Å². The van der Waals surface area contributed by atoms with Gasteiger partial charge in [-0.3, -0.25) is 0 Å². The molecule has 0 aliphatic rings. The molecule has 19 heavy (non-hydrogen) atoms. The van der Waals surface area contributed by atoms with Crippen LogP contribution in [0.25, 0.3) is 0 Å². The molecule has 8 heteroatoms. The van der Waals surface area contributed by atoms with Crippen LogP contribution in [0.15, 0.2) is 36.9 Å². The smallest absolute Gasteiger partial charge is 0.403 e. The van der Waals surface area contributed by atoms with Crippen LogP contribution in [0.2, 0.25) is 0 Å². The third-order valence-corrected chi connectivity index (χ3v) is 2.05. The van der Waals surface area contributed by atoms with Gasteiger partial charge < -0.3 is 4.74 Å². The van der Waals surface area contributed by atoms with Gasteiger partial charge in [-0.25, -0.2) is 19.7 Å². The van der Waals surface area contributed by atoms with Crippen LogP contribution in [0.4, 0.5) is 13.2 Å². The molecule has 0 unspecified atom stereocenters. The fourth-order valence-electron chi connectivity index (χ4n) is 1.17. The second kappa shape index (κ2) is 5.01. The van der Waals surface area contributed by atoms with Crippen molar-refractivity contribution in [2.24, 2.45) is 0 Å². The molecule has 0 aliphatic heterocycles. The van der Waals surface area contributed by atoms with E-state index >= 15 is 0 Å². The molecule has 0 saturated heterocycles. The summed E-state index contributed by atoms with van der Waals surface area (Å²) in [4.78, 5) is 22.2. The van der Waals surface area contributed by atoms with Crippen LogP contribution in [0.3, 0.4) is 0 Å². The Balaban J connectivity index is 2.10. The van der Waals surface area contributed by atoms with Crippen molar-refractivity contribution in [1.29, 1.82) is 0 Å². The van der Waals surface area contributed by atoms with Crippen LogP contribution in [-0.4, -0.2) is 20.9 Å². The maximum Gasteiger partial charge on any atom is 0.417 e. The first kappa shape index (κ1) is 12.9. The molecule has 2 rings (SSSR count). The normalized spacial score (nSPS) is 11.1. The van der Waals surface area contributed by atoms with E-state index in [2.05, 4.69) is 15.0 Å². The van der Waals surface area contributed by atoms with Gasteiger partial charge in [-0.15, -0.1) is 0 Å². The van der Waals surface area contributed by atoms with Crippen molar-refractivity contribution in [3.05, 3.63) is 48.2 Å². The molecule has 0 bridgehead atoms. The van der Waals surface area contributed by atoms with Crippen LogP contribution in [0.5, 0.6) is 5.88 Å². The van der Waals surface area contributed by atoms with Gasteiger partial charge in [0.05, 0.1) is 5.56 Å². The summed E-state index contributed by atoms with van der Waals surface area (Å²) in [5, 5.41) is 0. The molecule has 0 spiro atoms. The SMILES string of the molecule is O=C(Oc1ccc(C(F)(F)F)cn1)c1ccncn1. The number of aromatic nitrogens is 3. The highest BCUT2D eigenvalue weighted by Gasteiger charge is 2.30. The van der Waals surface area contributed by atoms with Gasteiger partial charge in [-0.1, -0.05) is 0 Å². The molecule has 0 aliphatic carbocycles. The van der Waals surface area contributed by atoms with Crippen molar-refractivity contribution in [3.63, 3.8) is 0 Å². The van der Waals surface area contributed by atoms with Gasteiger partial charge in [0.25, 0.3) is 0 Å². The molecule has 0 amide bonds. The Morgan fingerprint density at radius 2 is 1.95 bits per heavy atom. The number of pyridine rings is 1. The lowest BCUT2D eigenvalue weighted by atomic mass is 10.3. The fraction of sp³-hybridized carbons (Fsp3) is 0.0909. The molecule has 98 valence electrons. The first-order chi connectivity index (χ1) is 8.97. The molecule has 0 aromatic carbocycles. The molecule has 0 N–H and O–H groups in total. The lowest BCUT2D eigenvalue weighted by Crippen LogP contribution is -2.12. The van der Waals surface area contributed by atoms with Gasteiger partial charge in [0.1, 0.15) is 6.33 Å². The molecule has 0 saturated carbocycles. The topological polar surface area (TPSA) is 65.0 Å². The van der Waals surface area contributed by atoms with Crippen molar-refractivity contribution in [2.75, 3.05) is 0 Å². The fourth-order valence-corrected chi connectivity index (χ4v) is 1.17. The van der Waals surface area contributed by atoms with Crippen molar-refractivity contribution >= 4 is 5.97 Å². The maximum atomic E-state index is 12.3. The number of carbonyl (C=O) groups is 1. The number of esters is 1.